The van der Waals surface area contributed by atoms with Crippen LogP contribution in [0, 0.1) is 3.57 Å². The molecule has 0 heterocycles. The number of amides is 1. The van der Waals surface area contributed by atoms with E-state index in [1.807, 2.05) is 49.9 Å². The summed E-state index contributed by atoms with van der Waals surface area (Å²) in [6, 6.07) is 7.65. The van der Waals surface area contributed by atoms with Crippen LogP contribution in [0.1, 0.15) is 31.1 Å². The van der Waals surface area contributed by atoms with Gasteiger partial charge >= 0.3 is 0 Å². The van der Waals surface area contributed by atoms with Crippen molar-refractivity contribution in [1.29, 1.82) is 0 Å². The molecular formula is C14H18INO. The summed E-state index contributed by atoms with van der Waals surface area (Å²) >= 11 is 2.21. The zero-order valence-electron chi connectivity index (χ0n) is 10.5. The van der Waals surface area contributed by atoms with E-state index < -0.39 is 0 Å². The Hall–Kier alpha value is -0.840. The fourth-order valence-electron chi connectivity index (χ4n) is 1.57. The molecule has 0 atom stereocenters. The Balaban J connectivity index is 3.04. The third-order valence-electron chi connectivity index (χ3n) is 2.44. The molecule has 0 N–H and O–H groups in total. The SMILES string of the molecule is C=CCN(C(=O)c1cccc(I)c1)C(C)(C)C. The van der Waals surface area contributed by atoms with Crippen LogP contribution in [0.2, 0.25) is 0 Å². The van der Waals surface area contributed by atoms with E-state index in [1.54, 1.807) is 6.08 Å². The van der Waals surface area contributed by atoms with E-state index in [4.69, 9.17) is 0 Å². The van der Waals surface area contributed by atoms with E-state index in [1.165, 1.54) is 0 Å². The van der Waals surface area contributed by atoms with Crippen LogP contribution >= 0.6 is 22.6 Å². The molecule has 0 saturated heterocycles. The van der Waals surface area contributed by atoms with E-state index in [-0.39, 0.29) is 11.4 Å². The van der Waals surface area contributed by atoms with Gasteiger partial charge in [-0.1, -0.05) is 12.1 Å². The molecule has 1 aromatic rings. The lowest BCUT2D eigenvalue weighted by Gasteiger charge is -2.35. The zero-order valence-corrected chi connectivity index (χ0v) is 12.7. The fraction of sp³-hybridized carbons (Fsp3) is 0.357. The highest BCUT2D eigenvalue weighted by atomic mass is 127. The molecule has 2 nitrogen and oxygen atoms in total. The summed E-state index contributed by atoms with van der Waals surface area (Å²) < 4.78 is 1.07. The molecular weight excluding hydrogens is 325 g/mol. The minimum Gasteiger partial charge on any atom is -0.330 e. The quantitative estimate of drug-likeness (QED) is 0.605. The maximum absolute atomic E-state index is 12.4. The van der Waals surface area contributed by atoms with Crippen molar-refractivity contribution in [3.63, 3.8) is 0 Å². The molecule has 17 heavy (non-hydrogen) atoms. The van der Waals surface area contributed by atoms with Gasteiger partial charge < -0.3 is 4.90 Å². The lowest BCUT2D eigenvalue weighted by Crippen LogP contribution is -2.45. The first kappa shape index (κ1) is 14.2. The zero-order chi connectivity index (χ0) is 13.1. The van der Waals surface area contributed by atoms with Gasteiger partial charge in [-0.2, -0.15) is 0 Å². The molecule has 0 unspecified atom stereocenters. The molecule has 1 aromatic carbocycles. The number of nitrogens with zero attached hydrogens (tertiary/aromatic N) is 1. The van der Waals surface area contributed by atoms with Crippen LogP contribution in [-0.2, 0) is 0 Å². The van der Waals surface area contributed by atoms with E-state index in [2.05, 4.69) is 29.2 Å². The van der Waals surface area contributed by atoms with Gasteiger partial charge in [-0.3, -0.25) is 4.79 Å². The number of carbonyl (C=O) groups excluding carboxylic acids is 1. The Labute approximate surface area is 117 Å². The van der Waals surface area contributed by atoms with Gasteiger partial charge in [-0.05, 0) is 61.6 Å². The number of benzene rings is 1. The van der Waals surface area contributed by atoms with E-state index in [0.29, 0.717) is 6.54 Å². The minimum absolute atomic E-state index is 0.0518. The Morgan fingerprint density at radius 1 is 1.47 bits per heavy atom. The van der Waals surface area contributed by atoms with Crippen LogP contribution in [-0.4, -0.2) is 22.9 Å². The van der Waals surface area contributed by atoms with Gasteiger partial charge in [0, 0.05) is 21.2 Å². The largest absolute Gasteiger partial charge is 0.330 e. The van der Waals surface area contributed by atoms with Crippen LogP contribution < -0.4 is 0 Å². The summed E-state index contributed by atoms with van der Waals surface area (Å²) in [6.07, 6.45) is 1.76. The fourth-order valence-corrected chi connectivity index (χ4v) is 2.11. The molecule has 0 aliphatic heterocycles. The van der Waals surface area contributed by atoms with E-state index in [0.717, 1.165) is 9.13 Å². The monoisotopic (exact) mass is 343 g/mol. The van der Waals surface area contributed by atoms with Crippen LogP contribution in [0.5, 0.6) is 0 Å². The van der Waals surface area contributed by atoms with Gasteiger partial charge in [0.25, 0.3) is 5.91 Å². The molecule has 0 spiro atoms. The van der Waals surface area contributed by atoms with Crippen LogP contribution in [0.3, 0.4) is 0 Å². The Morgan fingerprint density at radius 3 is 2.59 bits per heavy atom. The molecule has 1 amide bonds. The average Bonchev–Trinajstić information content (AvgIpc) is 2.23. The standard InChI is InChI=1S/C14H18INO/c1-5-9-16(14(2,3)4)13(17)11-7-6-8-12(15)10-11/h5-8,10H,1,9H2,2-4H3. The second-order valence-corrected chi connectivity index (χ2v) is 6.13. The lowest BCUT2D eigenvalue weighted by atomic mass is 10.0. The van der Waals surface area contributed by atoms with Crippen molar-refractivity contribution >= 4 is 28.5 Å². The third kappa shape index (κ3) is 3.84. The molecule has 0 aliphatic rings. The summed E-state index contributed by atoms with van der Waals surface area (Å²) in [7, 11) is 0. The van der Waals surface area contributed by atoms with Crippen molar-refractivity contribution in [1.82, 2.24) is 4.90 Å². The highest BCUT2D eigenvalue weighted by Crippen LogP contribution is 2.18. The number of halogens is 1. The number of hydrogen-bond acceptors (Lipinski definition) is 1. The summed E-state index contributed by atoms with van der Waals surface area (Å²) in [4.78, 5) is 14.2. The van der Waals surface area contributed by atoms with E-state index >= 15 is 0 Å². The van der Waals surface area contributed by atoms with Crippen molar-refractivity contribution in [2.75, 3.05) is 6.54 Å². The summed E-state index contributed by atoms with van der Waals surface area (Å²) in [6.45, 7) is 10.4. The Kier molecular flexibility index (Phi) is 4.74. The predicted molar refractivity (Wildman–Crippen MR) is 80.1 cm³/mol. The van der Waals surface area contributed by atoms with Crippen LogP contribution in [0.15, 0.2) is 36.9 Å². The molecule has 0 bridgehead atoms. The number of hydrogen-bond donors (Lipinski definition) is 0. The molecule has 1 rings (SSSR count). The predicted octanol–water partition coefficient (Wildman–Crippen LogP) is 3.72. The minimum atomic E-state index is -0.202. The molecule has 0 aromatic heterocycles. The summed E-state index contributed by atoms with van der Waals surface area (Å²) in [5, 5.41) is 0. The van der Waals surface area contributed by atoms with Gasteiger partial charge in [0.05, 0.1) is 0 Å². The van der Waals surface area contributed by atoms with Crippen molar-refractivity contribution < 1.29 is 4.79 Å². The average molecular weight is 343 g/mol. The summed E-state index contributed by atoms with van der Waals surface area (Å²) in [5.74, 6) is 0.0518. The molecule has 3 heteroatoms. The highest BCUT2D eigenvalue weighted by Gasteiger charge is 2.26. The van der Waals surface area contributed by atoms with Gasteiger partial charge in [0.2, 0.25) is 0 Å². The molecule has 0 aliphatic carbocycles. The lowest BCUT2D eigenvalue weighted by molar-refractivity contribution is 0.0616. The first-order chi connectivity index (χ1) is 7.86. The van der Waals surface area contributed by atoms with Crippen molar-refractivity contribution in [3.05, 3.63) is 46.1 Å². The Morgan fingerprint density at radius 2 is 2.12 bits per heavy atom. The van der Waals surface area contributed by atoms with Gasteiger partial charge in [-0.15, -0.1) is 6.58 Å². The third-order valence-corrected chi connectivity index (χ3v) is 3.11. The first-order valence-corrected chi connectivity index (χ1v) is 6.62. The smallest absolute Gasteiger partial charge is 0.254 e. The van der Waals surface area contributed by atoms with Gasteiger partial charge in [-0.25, -0.2) is 0 Å². The second kappa shape index (κ2) is 5.67. The topological polar surface area (TPSA) is 20.3 Å². The van der Waals surface area contributed by atoms with Gasteiger partial charge in [0.15, 0.2) is 0 Å². The van der Waals surface area contributed by atoms with Crippen molar-refractivity contribution in [2.45, 2.75) is 26.3 Å². The van der Waals surface area contributed by atoms with Crippen molar-refractivity contribution in [3.8, 4) is 0 Å². The molecule has 0 saturated carbocycles. The van der Waals surface area contributed by atoms with Crippen molar-refractivity contribution in [2.24, 2.45) is 0 Å². The second-order valence-electron chi connectivity index (χ2n) is 4.89. The molecule has 92 valence electrons. The summed E-state index contributed by atoms with van der Waals surface area (Å²) in [5.41, 5.74) is 0.528. The molecule has 0 radical (unpaired) electrons. The number of rotatable bonds is 3. The Bertz CT molecular complexity index is 420. The maximum atomic E-state index is 12.4. The first-order valence-electron chi connectivity index (χ1n) is 5.54. The normalized spacial score (nSPS) is 11.1. The number of carbonyl (C=O) groups is 1. The van der Waals surface area contributed by atoms with Gasteiger partial charge in [0.1, 0.15) is 0 Å². The van der Waals surface area contributed by atoms with E-state index in [9.17, 15) is 4.79 Å². The van der Waals surface area contributed by atoms with Crippen LogP contribution in [0.25, 0.3) is 0 Å². The molecule has 0 fully saturated rings. The van der Waals surface area contributed by atoms with Crippen LogP contribution in [0.4, 0.5) is 0 Å². The highest BCUT2D eigenvalue weighted by molar-refractivity contribution is 14.1. The maximum Gasteiger partial charge on any atom is 0.254 e.